The summed E-state index contributed by atoms with van der Waals surface area (Å²) in [6.07, 6.45) is 24.2. The van der Waals surface area contributed by atoms with E-state index in [1.807, 2.05) is 0 Å². The van der Waals surface area contributed by atoms with E-state index >= 15 is 0 Å². The molecule has 2 saturated carbocycles. The Morgan fingerprint density at radius 2 is 1.23 bits per heavy atom. The molecule has 2 heterocycles. The van der Waals surface area contributed by atoms with Crippen LogP contribution in [0.2, 0.25) is 0 Å². The molecule has 0 N–H and O–H groups in total. The summed E-state index contributed by atoms with van der Waals surface area (Å²) in [5, 5.41) is 0. The number of nitrogens with zero attached hydrogens (tertiary/aromatic N) is 3. The van der Waals surface area contributed by atoms with Gasteiger partial charge in [-0.3, -0.25) is 0 Å². The van der Waals surface area contributed by atoms with Gasteiger partial charge in [-0.25, -0.2) is 0 Å². The van der Waals surface area contributed by atoms with Gasteiger partial charge in [0.15, 0.2) is 5.71 Å². The summed E-state index contributed by atoms with van der Waals surface area (Å²) >= 11 is 0. The zero-order valence-electron chi connectivity index (χ0n) is 33.7. The van der Waals surface area contributed by atoms with Crippen molar-refractivity contribution in [2.45, 2.75) is 87.9 Å². The first-order chi connectivity index (χ1) is 27.5. The summed E-state index contributed by atoms with van der Waals surface area (Å²) in [7, 11) is 8.11. The van der Waals surface area contributed by atoms with Gasteiger partial charge in [0.05, 0.1) is 25.3 Å². The summed E-state index contributed by atoms with van der Waals surface area (Å²) in [6, 6.07) is 35.3. The quantitative estimate of drug-likeness (QED) is 0.168. The Morgan fingerprint density at radius 1 is 0.643 bits per heavy atom. The number of para-hydroxylation sites is 2. The van der Waals surface area contributed by atoms with Gasteiger partial charge in [-0.05, 0) is 116 Å². The minimum atomic E-state index is 0.00734. The molecule has 2 aliphatic heterocycles. The largest absolute Gasteiger partial charge is 0.497 e. The molecule has 0 atom stereocenters. The van der Waals surface area contributed by atoms with E-state index in [1.54, 1.807) is 14.2 Å². The van der Waals surface area contributed by atoms with E-state index in [0.717, 1.165) is 24.3 Å². The van der Waals surface area contributed by atoms with E-state index in [2.05, 4.69) is 150 Å². The maximum atomic E-state index is 5.78. The molecular formula is C51H56N3O2+. The summed E-state index contributed by atoms with van der Waals surface area (Å²) in [5.41, 5.74) is 14.7. The Labute approximate surface area is 334 Å². The highest BCUT2D eigenvalue weighted by atomic mass is 16.5. The summed E-state index contributed by atoms with van der Waals surface area (Å²) in [6.45, 7) is 0. The second kappa shape index (κ2) is 15.0. The van der Waals surface area contributed by atoms with Crippen LogP contribution in [0.4, 0.5) is 22.7 Å². The van der Waals surface area contributed by atoms with E-state index in [0.29, 0.717) is 0 Å². The predicted molar refractivity (Wildman–Crippen MR) is 231 cm³/mol. The molecule has 0 bridgehead atoms. The average molecular weight is 743 g/mol. The van der Waals surface area contributed by atoms with Crippen LogP contribution in [0.5, 0.6) is 11.5 Å². The predicted octanol–water partition coefficient (Wildman–Crippen LogP) is 12.2. The second-order valence-corrected chi connectivity index (χ2v) is 16.5. The third-order valence-corrected chi connectivity index (χ3v) is 13.7. The number of hydrogen-bond donors (Lipinski definition) is 0. The first-order valence-corrected chi connectivity index (χ1v) is 20.9. The summed E-state index contributed by atoms with van der Waals surface area (Å²) < 4.78 is 14.0. The molecule has 2 fully saturated rings. The summed E-state index contributed by atoms with van der Waals surface area (Å²) in [5.74, 6) is 1.90. The smallest absolute Gasteiger partial charge is 0.209 e. The number of likely N-dealkylation sites (N-methyl/N-ethyl adjacent to an activating group) is 1. The van der Waals surface area contributed by atoms with Gasteiger partial charge in [0.25, 0.3) is 0 Å². The van der Waals surface area contributed by atoms with Gasteiger partial charge in [-0.15, -0.1) is 0 Å². The summed E-state index contributed by atoms with van der Waals surface area (Å²) in [4.78, 5) is 4.97. The number of allylic oxidation sites excluding steroid dienone is 7. The molecule has 4 aromatic rings. The van der Waals surface area contributed by atoms with Crippen LogP contribution in [0.1, 0.15) is 88.2 Å². The molecular weight excluding hydrogens is 687 g/mol. The van der Waals surface area contributed by atoms with Crippen LogP contribution in [-0.2, 0) is 10.8 Å². The van der Waals surface area contributed by atoms with E-state index < -0.39 is 0 Å². The van der Waals surface area contributed by atoms with Crippen LogP contribution < -0.4 is 19.3 Å². The number of hydrogen-bond acceptors (Lipinski definition) is 4. The highest BCUT2D eigenvalue weighted by Gasteiger charge is 2.51. The minimum absolute atomic E-state index is 0.00734. The van der Waals surface area contributed by atoms with Gasteiger partial charge in [-0.2, -0.15) is 4.58 Å². The third-order valence-electron chi connectivity index (χ3n) is 13.7. The monoisotopic (exact) mass is 742 g/mol. The molecule has 5 heteroatoms. The number of anilines is 3. The van der Waals surface area contributed by atoms with Gasteiger partial charge in [-0.1, -0.05) is 87.1 Å². The fraction of sp³-hybridized carbons (Fsp3) is 0.353. The molecule has 5 nitrogen and oxygen atoms in total. The molecule has 9 rings (SSSR count). The molecule has 0 unspecified atom stereocenters. The van der Waals surface area contributed by atoms with Crippen molar-refractivity contribution in [3.05, 3.63) is 155 Å². The van der Waals surface area contributed by atoms with Gasteiger partial charge < -0.3 is 19.3 Å². The van der Waals surface area contributed by atoms with Crippen molar-refractivity contribution in [1.29, 1.82) is 0 Å². The van der Waals surface area contributed by atoms with E-state index in [-0.39, 0.29) is 10.8 Å². The molecule has 0 amide bonds. The zero-order valence-corrected chi connectivity index (χ0v) is 33.7. The van der Waals surface area contributed by atoms with Crippen LogP contribution in [0.15, 0.2) is 144 Å². The SMILES string of the molecule is COc1ccc2c(c1)C1(CCCCC1)C(/C=C/C1=C(N(c3ccccc3)c3ccccc3)C(=C/C=C3/N(C)c4ccc(OC)cc4C34CCCCC4)/CC1)=[N+]2C. The number of benzene rings is 4. The van der Waals surface area contributed by atoms with Crippen molar-refractivity contribution in [2.24, 2.45) is 0 Å². The second-order valence-electron chi connectivity index (χ2n) is 16.5. The van der Waals surface area contributed by atoms with Crippen molar-refractivity contribution in [1.82, 2.24) is 0 Å². The lowest BCUT2D eigenvalue weighted by Gasteiger charge is -2.36. The molecule has 3 aliphatic carbocycles. The first kappa shape index (κ1) is 36.4. The molecule has 5 aliphatic rings. The number of fused-ring (bicyclic) bond motifs is 4. The van der Waals surface area contributed by atoms with Crippen LogP contribution in [0.3, 0.4) is 0 Å². The van der Waals surface area contributed by atoms with E-state index in [1.165, 1.54) is 126 Å². The minimum Gasteiger partial charge on any atom is -0.497 e. The van der Waals surface area contributed by atoms with E-state index in [9.17, 15) is 0 Å². The van der Waals surface area contributed by atoms with Crippen molar-refractivity contribution in [3.8, 4) is 11.5 Å². The Hall–Kier alpha value is -5.29. The van der Waals surface area contributed by atoms with Crippen LogP contribution >= 0.6 is 0 Å². The topological polar surface area (TPSA) is 28.0 Å². The van der Waals surface area contributed by atoms with Gasteiger partial charge >= 0.3 is 0 Å². The normalized spacial score (nSPS) is 21.2. The number of rotatable bonds is 8. The standard InChI is InChI=1S/C51H56N3O2/c1-52-45-27-25-41(55-3)35-43(45)50(31-13-7-14-32-50)47(52)29-23-37-21-22-38(49(37)54(39-17-9-5-10-18-39)40-19-11-6-12-20-40)24-30-48-51(33-15-8-16-34-51)44-36-42(56-4)26-28-46(44)53(48)2/h5-6,9-12,17-20,23-30,35-36H,7-8,13-16,21-22,31-34H2,1-4H3/q+1. The molecule has 0 aromatic heterocycles. The van der Waals surface area contributed by atoms with Gasteiger partial charge in [0, 0.05) is 52.9 Å². The Kier molecular flexibility index (Phi) is 9.73. The lowest BCUT2D eigenvalue weighted by atomic mass is 9.67. The Bertz CT molecular complexity index is 2230. The fourth-order valence-corrected chi connectivity index (χ4v) is 11.0. The van der Waals surface area contributed by atoms with Crippen molar-refractivity contribution in [3.63, 3.8) is 0 Å². The van der Waals surface area contributed by atoms with Gasteiger partial charge in [0.2, 0.25) is 5.69 Å². The van der Waals surface area contributed by atoms with Crippen molar-refractivity contribution in [2.75, 3.05) is 38.1 Å². The number of ether oxygens (including phenoxy) is 2. The maximum absolute atomic E-state index is 5.78. The highest BCUT2D eigenvalue weighted by molar-refractivity contribution is 6.04. The van der Waals surface area contributed by atoms with Crippen LogP contribution in [0.25, 0.3) is 0 Å². The fourth-order valence-electron chi connectivity index (χ4n) is 11.0. The van der Waals surface area contributed by atoms with Crippen LogP contribution in [-0.4, -0.2) is 38.6 Å². The average Bonchev–Trinajstić information content (AvgIpc) is 3.82. The Balaban J connectivity index is 1.20. The third kappa shape index (κ3) is 6.02. The zero-order chi connectivity index (χ0) is 38.3. The van der Waals surface area contributed by atoms with Crippen molar-refractivity contribution < 1.29 is 14.0 Å². The molecule has 4 aromatic carbocycles. The molecule has 2 spiro atoms. The van der Waals surface area contributed by atoms with Crippen molar-refractivity contribution >= 4 is 28.5 Å². The lowest BCUT2D eigenvalue weighted by molar-refractivity contribution is -0.401. The first-order valence-electron chi connectivity index (χ1n) is 20.9. The van der Waals surface area contributed by atoms with E-state index in [4.69, 9.17) is 9.47 Å². The molecule has 286 valence electrons. The molecule has 56 heavy (non-hydrogen) atoms. The highest BCUT2D eigenvalue weighted by Crippen LogP contribution is 2.56. The number of methoxy groups -OCH3 is 2. The molecule has 0 saturated heterocycles. The van der Waals surface area contributed by atoms with Gasteiger partial charge in [0.1, 0.15) is 18.5 Å². The lowest BCUT2D eigenvalue weighted by Crippen LogP contribution is -2.36. The Morgan fingerprint density at radius 3 is 1.86 bits per heavy atom. The van der Waals surface area contributed by atoms with Crippen LogP contribution in [0, 0.1) is 0 Å². The molecule has 0 radical (unpaired) electrons. The maximum Gasteiger partial charge on any atom is 0.209 e.